The maximum Gasteiger partial charge on any atom is 0.311 e. The third-order valence-electron chi connectivity index (χ3n) is 2.43. The average Bonchev–Trinajstić information content (AvgIpc) is 2.34. The number of hydrogen-bond donors (Lipinski definition) is 0. The first-order valence-electron chi connectivity index (χ1n) is 6.15. The van der Waals surface area contributed by atoms with Crippen molar-refractivity contribution in [2.45, 2.75) is 33.1 Å². The summed E-state index contributed by atoms with van der Waals surface area (Å²) in [5.74, 6) is -0.202. The van der Waals surface area contributed by atoms with Gasteiger partial charge in [0.2, 0.25) is 0 Å². The molecule has 1 rings (SSSR count). The van der Waals surface area contributed by atoms with Crippen LogP contribution in [0.5, 0.6) is 5.75 Å². The number of carbonyl (C=O) groups excluding carboxylic acids is 2. The SMILES string of the molecule is CCOC(=O)CCCC(=O)Oc1ccc(Cl)c(C)c1. The highest BCUT2D eigenvalue weighted by Gasteiger charge is 2.08. The molecule has 0 N–H and O–H groups in total. The van der Waals surface area contributed by atoms with Crippen LogP contribution in [0.25, 0.3) is 0 Å². The lowest BCUT2D eigenvalue weighted by atomic mass is 10.2. The highest BCUT2D eigenvalue weighted by Crippen LogP contribution is 2.21. The maximum atomic E-state index is 11.5. The van der Waals surface area contributed by atoms with E-state index in [0.29, 0.717) is 23.8 Å². The highest BCUT2D eigenvalue weighted by atomic mass is 35.5. The zero-order valence-electron chi connectivity index (χ0n) is 11.1. The predicted molar refractivity (Wildman–Crippen MR) is 72.3 cm³/mol. The van der Waals surface area contributed by atoms with E-state index in [1.807, 2.05) is 6.92 Å². The minimum Gasteiger partial charge on any atom is -0.466 e. The summed E-state index contributed by atoms with van der Waals surface area (Å²) in [5, 5.41) is 0.627. The minimum absolute atomic E-state index is 0.181. The molecule has 0 unspecified atom stereocenters. The molecule has 0 radical (unpaired) electrons. The Labute approximate surface area is 117 Å². The van der Waals surface area contributed by atoms with E-state index < -0.39 is 0 Å². The summed E-state index contributed by atoms with van der Waals surface area (Å²) in [6.45, 7) is 3.93. The number of esters is 2. The van der Waals surface area contributed by atoms with Crippen molar-refractivity contribution in [2.75, 3.05) is 6.61 Å². The standard InChI is InChI=1S/C14H17ClO4/c1-3-18-13(16)5-4-6-14(17)19-11-7-8-12(15)10(2)9-11/h7-9H,3-6H2,1-2H3. The summed E-state index contributed by atoms with van der Waals surface area (Å²) >= 11 is 5.87. The Morgan fingerprint density at radius 2 is 1.89 bits per heavy atom. The van der Waals surface area contributed by atoms with Crippen LogP contribution < -0.4 is 4.74 Å². The van der Waals surface area contributed by atoms with Crippen molar-refractivity contribution < 1.29 is 19.1 Å². The van der Waals surface area contributed by atoms with E-state index in [-0.39, 0.29) is 24.8 Å². The normalized spacial score (nSPS) is 10.1. The third-order valence-corrected chi connectivity index (χ3v) is 2.85. The van der Waals surface area contributed by atoms with Gasteiger partial charge in [-0.3, -0.25) is 9.59 Å². The van der Waals surface area contributed by atoms with E-state index >= 15 is 0 Å². The summed E-state index contributed by atoms with van der Waals surface area (Å²) in [4.78, 5) is 22.6. The van der Waals surface area contributed by atoms with Crippen molar-refractivity contribution in [3.63, 3.8) is 0 Å². The van der Waals surface area contributed by atoms with Crippen LogP contribution in [0.1, 0.15) is 31.7 Å². The molecule has 1 aromatic rings. The second-order valence-corrected chi connectivity index (χ2v) is 4.45. The van der Waals surface area contributed by atoms with Gasteiger partial charge in [-0.15, -0.1) is 0 Å². The van der Waals surface area contributed by atoms with Gasteiger partial charge in [0.05, 0.1) is 6.61 Å². The van der Waals surface area contributed by atoms with Gasteiger partial charge < -0.3 is 9.47 Å². The van der Waals surface area contributed by atoms with Crippen molar-refractivity contribution in [3.05, 3.63) is 28.8 Å². The molecule has 4 nitrogen and oxygen atoms in total. The number of halogens is 1. The van der Waals surface area contributed by atoms with E-state index in [9.17, 15) is 9.59 Å². The predicted octanol–water partition coefficient (Wildman–Crippen LogP) is 3.29. The van der Waals surface area contributed by atoms with Gasteiger partial charge in [-0.05, 0) is 44.0 Å². The molecule has 0 aliphatic carbocycles. The molecule has 19 heavy (non-hydrogen) atoms. The fourth-order valence-corrected chi connectivity index (χ4v) is 1.59. The van der Waals surface area contributed by atoms with Gasteiger partial charge >= 0.3 is 11.9 Å². The van der Waals surface area contributed by atoms with Gasteiger partial charge in [0.15, 0.2) is 0 Å². The van der Waals surface area contributed by atoms with Crippen LogP contribution >= 0.6 is 11.6 Å². The molecule has 0 amide bonds. The molecular formula is C14H17ClO4. The van der Waals surface area contributed by atoms with Gasteiger partial charge in [-0.25, -0.2) is 0 Å². The molecule has 1 aromatic carbocycles. The van der Waals surface area contributed by atoms with E-state index in [1.54, 1.807) is 25.1 Å². The van der Waals surface area contributed by atoms with Crippen LogP contribution in [0.3, 0.4) is 0 Å². The number of benzene rings is 1. The molecule has 0 fully saturated rings. The van der Waals surface area contributed by atoms with E-state index in [2.05, 4.69) is 0 Å². The molecule has 0 atom stereocenters. The number of hydrogen-bond acceptors (Lipinski definition) is 4. The largest absolute Gasteiger partial charge is 0.466 e. The molecule has 0 saturated carbocycles. The van der Waals surface area contributed by atoms with E-state index in [1.165, 1.54) is 0 Å². The van der Waals surface area contributed by atoms with Crippen LogP contribution in [-0.4, -0.2) is 18.5 Å². The van der Waals surface area contributed by atoms with Gasteiger partial charge in [-0.2, -0.15) is 0 Å². The quantitative estimate of drug-likeness (QED) is 0.594. The van der Waals surface area contributed by atoms with Crippen molar-refractivity contribution >= 4 is 23.5 Å². The van der Waals surface area contributed by atoms with Gasteiger partial charge in [0.1, 0.15) is 5.75 Å². The second kappa shape index (κ2) is 7.79. The first-order chi connectivity index (χ1) is 9.02. The topological polar surface area (TPSA) is 52.6 Å². The lowest BCUT2D eigenvalue weighted by Crippen LogP contribution is -2.10. The van der Waals surface area contributed by atoms with Gasteiger partial charge in [-0.1, -0.05) is 11.6 Å². The molecule has 0 spiro atoms. The zero-order valence-corrected chi connectivity index (χ0v) is 11.8. The number of aryl methyl sites for hydroxylation is 1. The first-order valence-corrected chi connectivity index (χ1v) is 6.53. The lowest BCUT2D eigenvalue weighted by molar-refractivity contribution is -0.143. The molecule has 5 heteroatoms. The smallest absolute Gasteiger partial charge is 0.311 e. The van der Waals surface area contributed by atoms with Gasteiger partial charge in [0, 0.05) is 17.9 Å². The van der Waals surface area contributed by atoms with Crippen molar-refractivity contribution in [3.8, 4) is 5.75 Å². The van der Waals surface area contributed by atoms with Crippen LogP contribution in [0.15, 0.2) is 18.2 Å². The highest BCUT2D eigenvalue weighted by molar-refractivity contribution is 6.31. The van der Waals surface area contributed by atoms with E-state index in [4.69, 9.17) is 21.1 Å². The summed E-state index contributed by atoms with van der Waals surface area (Å²) in [7, 11) is 0. The fourth-order valence-electron chi connectivity index (χ4n) is 1.47. The molecule has 0 aromatic heterocycles. The average molecular weight is 285 g/mol. The Morgan fingerprint density at radius 3 is 2.53 bits per heavy atom. The Kier molecular flexibility index (Phi) is 6.36. The fraction of sp³-hybridized carbons (Fsp3) is 0.429. The molecule has 0 saturated heterocycles. The van der Waals surface area contributed by atoms with E-state index in [0.717, 1.165) is 5.56 Å². The summed E-state index contributed by atoms with van der Waals surface area (Å²) in [6, 6.07) is 5.02. The van der Waals surface area contributed by atoms with Crippen LogP contribution in [0, 0.1) is 6.92 Å². The third kappa shape index (κ3) is 5.75. The molecular weight excluding hydrogens is 268 g/mol. The number of ether oxygens (including phenoxy) is 2. The number of rotatable bonds is 6. The van der Waals surface area contributed by atoms with Crippen LogP contribution in [0.2, 0.25) is 5.02 Å². The Hall–Kier alpha value is -1.55. The van der Waals surface area contributed by atoms with Crippen LogP contribution in [0.4, 0.5) is 0 Å². The summed E-state index contributed by atoms with van der Waals surface area (Å²) < 4.78 is 9.91. The Bertz CT molecular complexity index is 457. The molecule has 0 aliphatic heterocycles. The second-order valence-electron chi connectivity index (χ2n) is 4.04. The van der Waals surface area contributed by atoms with Crippen LogP contribution in [-0.2, 0) is 14.3 Å². The molecule has 0 bridgehead atoms. The molecule has 104 valence electrons. The molecule has 0 aliphatic rings. The first kappa shape index (κ1) is 15.5. The van der Waals surface area contributed by atoms with Gasteiger partial charge in [0.25, 0.3) is 0 Å². The Morgan fingerprint density at radius 1 is 1.21 bits per heavy atom. The van der Waals surface area contributed by atoms with Crippen molar-refractivity contribution in [2.24, 2.45) is 0 Å². The monoisotopic (exact) mass is 284 g/mol. The minimum atomic E-state index is -0.369. The summed E-state index contributed by atoms with van der Waals surface area (Å²) in [6.07, 6.45) is 0.827. The van der Waals surface area contributed by atoms with Crippen molar-refractivity contribution in [1.29, 1.82) is 0 Å². The number of carbonyl (C=O) groups is 2. The lowest BCUT2D eigenvalue weighted by Gasteiger charge is -2.06. The zero-order chi connectivity index (χ0) is 14.3. The van der Waals surface area contributed by atoms with Crippen molar-refractivity contribution in [1.82, 2.24) is 0 Å². The maximum absolute atomic E-state index is 11.5. The molecule has 0 heterocycles. The summed E-state index contributed by atoms with van der Waals surface area (Å²) in [5.41, 5.74) is 0.846. The Balaban J connectivity index is 2.35.